The Morgan fingerprint density at radius 3 is 2.93 bits per heavy atom. The van der Waals surface area contributed by atoms with Gasteiger partial charge in [-0.25, -0.2) is 4.98 Å². The first-order valence-corrected chi connectivity index (χ1v) is 5.69. The molecule has 0 radical (unpaired) electrons. The van der Waals surface area contributed by atoms with E-state index in [4.69, 9.17) is 0 Å². The zero-order chi connectivity index (χ0) is 10.7. The van der Waals surface area contributed by atoms with Crippen molar-refractivity contribution in [2.45, 2.75) is 20.4 Å². The van der Waals surface area contributed by atoms with E-state index in [1.807, 2.05) is 19.2 Å². The second-order valence-corrected chi connectivity index (χ2v) is 4.37. The number of hydrogen-bond acceptors (Lipinski definition) is 4. The lowest BCUT2D eigenvalue weighted by molar-refractivity contribution is 1.07. The van der Waals surface area contributed by atoms with E-state index in [0.29, 0.717) is 0 Å². The van der Waals surface area contributed by atoms with Crippen LogP contribution in [0.5, 0.6) is 0 Å². The molecule has 0 aliphatic carbocycles. The van der Waals surface area contributed by atoms with Crippen molar-refractivity contribution >= 4 is 17.0 Å². The summed E-state index contributed by atoms with van der Waals surface area (Å²) in [6.45, 7) is 4.84. The number of pyridine rings is 1. The van der Waals surface area contributed by atoms with Gasteiger partial charge in [-0.1, -0.05) is 0 Å². The van der Waals surface area contributed by atoms with Crippen LogP contribution in [-0.2, 0) is 6.54 Å². The number of aromatic nitrogens is 2. The first-order valence-electron chi connectivity index (χ1n) is 4.81. The molecule has 0 aliphatic heterocycles. The lowest BCUT2D eigenvalue weighted by Gasteiger charge is -2.06. The van der Waals surface area contributed by atoms with Crippen molar-refractivity contribution in [3.63, 3.8) is 0 Å². The van der Waals surface area contributed by atoms with Gasteiger partial charge >= 0.3 is 0 Å². The summed E-state index contributed by atoms with van der Waals surface area (Å²) < 4.78 is 0. The highest BCUT2D eigenvalue weighted by Gasteiger charge is 2.00. The minimum atomic E-state index is 0.769. The minimum Gasteiger partial charge on any atom is -0.377 e. The summed E-state index contributed by atoms with van der Waals surface area (Å²) in [5, 5.41) is 6.50. The largest absolute Gasteiger partial charge is 0.377 e. The molecule has 2 aromatic heterocycles. The molecule has 0 atom stereocenters. The lowest BCUT2D eigenvalue weighted by Crippen LogP contribution is -2.00. The van der Waals surface area contributed by atoms with Crippen LogP contribution in [-0.4, -0.2) is 9.97 Å². The van der Waals surface area contributed by atoms with E-state index in [0.717, 1.165) is 22.9 Å². The number of thiazole rings is 1. The van der Waals surface area contributed by atoms with E-state index >= 15 is 0 Å². The van der Waals surface area contributed by atoms with Crippen molar-refractivity contribution < 1.29 is 0 Å². The fourth-order valence-electron chi connectivity index (χ4n) is 1.30. The third-order valence-electron chi connectivity index (χ3n) is 2.14. The first kappa shape index (κ1) is 10.1. The number of hydrogen-bond donors (Lipinski definition) is 1. The fraction of sp³-hybridized carbons (Fsp3) is 0.273. The Balaban J connectivity index is 2.02. The molecule has 2 heterocycles. The van der Waals surface area contributed by atoms with Crippen LogP contribution in [0.4, 0.5) is 5.69 Å². The van der Waals surface area contributed by atoms with Crippen LogP contribution in [0.15, 0.2) is 23.8 Å². The molecular formula is C11H13N3S. The van der Waals surface area contributed by atoms with Gasteiger partial charge in [0.1, 0.15) is 5.01 Å². The van der Waals surface area contributed by atoms with Gasteiger partial charge in [0.15, 0.2) is 0 Å². The van der Waals surface area contributed by atoms with Crippen molar-refractivity contribution in [1.29, 1.82) is 0 Å². The summed E-state index contributed by atoms with van der Waals surface area (Å²) in [6, 6.07) is 2.00. The molecule has 2 rings (SSSR count). The molecule has 0 aliphatic rings. The van der Waals surface area contributed by atoms with E-state index in [1.165, 1.54) is 5.56 Å². The quantitative estimate of drug-likeness (QED) is 0.862. The van der Waals surface area contributed by atoms with Gasteiger partial charge in [0.2, 0.25) is 0 Å². The summed E-state index contributed by atoms with van der Waals surface area (Å²) >= 11 is 1.68. The van der Waals surface area contributed by atoms with Gasteiger partial charge in [-0.05, 0) is 25.5 Å². The van der Waals surface area contributed by atoms with Crippen LogP contribution < -0.4 is 5.32 Å². The predicted octanol–water partition coefficient (Wildman–Crippen LogP) is 2.77. The van der Waals surface area contributed by atoms with E-state index in [2.05, 4.69) is 27.6 Å². The first-order chi connectivity index (χ1) is 7.25. The highest BCUT2D eigenvalue weighted by atomic mass is 32.1. The molecular weight excluding hydrogens is 206 g/mol. The monoisotopic (exact) mass is 219 g/mol. The van der Waals surface area contributed by atoms with Gasteiger partial charge in [0.05, 0.1) is 18.4 Å². The zero-order valence-corrected chi connectivity index (χ0v) is 9.64. The van der Waals surface area contributed by atoms with Gasteiger partial charge in [0, 0.05) is 17.3 Å². The highest BCUT2D eigenvalue weighted by Crippen LogP contribution is 2.14. The third-order valence-corrected chi connectivity index (χ3v) is 3.10. The number of nitrogens with one attached hydrogen (secondary N) is 1. The van der Waals surface area contributed by atoms with Gasteiger partial charge < -0.3 is 5.32 Å². The predicted molar refractivity (Wildman–Crippen MR) is 63.2 cm³/mol. The van der Waals surface area contributed by atoms with Crippen molar-refractivity contribution in [2.24, 2.45) is 0 Å². The normalized spacial score (nSPS) is 10.3. The second kappa shape index (κ2) is 4.40. The summed E-state index contributed by atoms with van der Waals surface area (Å²) in [6.07, 6.45) is 3.64. The Kier molecular flexibility index (Phi) is 2.97. The van der Waals surface area contributed by atoms with E-state index < -0.39 is 0 Å². The third kappa shape index (κ3) is 2.53. The van der Waals surface area contributed by atoms with Crippen LogP contribution in [0.2, 0.25) is 0 Å². The smallest absolute Gasteiger partial charge is 0.112 e. The van der Waals surface area contributed by atoms with Crippen LogP contribution in [0.1, 0.15) is 16.3 Å². The van der Waals surface area contributed by atoms with Gasteiger partial charge in [0.25, 0.3) is 0 Å². The number of anilines is 1. The highest BCUT2D eigenvalue weighted by molar-refractivity contribution is 7.09. The minimum absolute atomic E-state index is 0.769. The topological polar surface area (TPSA) is 37.8 Å². The zero-order valence-electron chi connectivity index (χ0n) is 8.82. The molecule has 0 fully saturated rings. The number of aryl methyl sites for hydroxylation is 2. The fourth-order valence-corrected chi connectivity index (χ4v) is 2.02. The number of nitrogens with zero attached hydrogens (tertiary/aromatic N) is 2. The molecule has 2 aromatic rings. The van der Waals surface area contributed by atoms with E-state index in [-0.39, 0.29) is 0 Å². The van der Waals surface area contributed by atoms with Crippen LogP contribution >= 0.6 is 11.3 Å². The maximum Gasteiger partial charge on any atom is 0.112 e. The molecule has 3 nitrogen and oxygen atoms in total. The molecule has 0 amide bonds. The van der Waals surface area contributed by atoms with Crippen molar-refractivity contribution in [3.8, 4) is 0 Å². The summed E-state index contributed by atoms with van der Waals surface area (Å²) in [5.74, 6) is 0. The van der Waals surface area contributed by atoms with Crippen LogP contribution in [0, 0.1) is 13.8 Å². The second-order valence-electron chi connectivity index (χ2n) is 3.43. The molecule has 0 saturated carbocycles. The Morgan fingerprint density at radius 1 is 1.40 bits per heavy atom. The molecule has 0 unspecified atom stereocenters. The van der Waals surface area contributed by atoms with E-state index in [1.54, 1.807) is 17.5 Å². The SMILES string of the molecule is Cc1csc(CNc2cnccc2C)n1. The Bertz CT molecular complexity index is 451. The van der Waals surface area contributed by atoms with E-state index in [9.17, 15) is 0 Å². The maximum atomic E-state index is 4.39. The molecule has 78 valence electrons. The number of rotatable bonds is 3. The standard InChI is InChI=1S/C11H13N3S/c1-8-3-4-12-5-10(8)13-6-11-14-9(2)7-15-11/h3-5,7,13H,6H2,1-2H3. The van der Waals surface area contributed by atoms with Crippen molar-refractivity contribution in [1.82, 2.24) is 9.97 Å². The lowest BCUT2D eigenvalue weighted by atomic mass is 10.2. The molecule has 15 heavy (non-hydrogen) atoms. The molecule has 0 spiro atoms. The summed E-state index contributed by atoms with van der Waals surface area (Å²) in [5.41, 5.74) is 3.36. The molecule has 0 saturated heterocycles. The van der Waals surface area contributed by atoms with Gasteiger partial charge in [-0.2, -0.15) is 0 Å². The van der Waals surface area contributed by atoms with Crippen molar-refractivity contribution in [2.75, 3.05) is 5.32 Å². The summed E-state index contributed by atoms with van der Waals surface area (Å²) in [7, 11) is 0. The molecule has 0 aromatic carbocycles. The van der Waals surface area contributed by atoms with Gasteiger partial charge in [-0.3, -0.25) is 4.98 Å². The Hall–Kier alpha value is -1.42. The van der Waals surface area contributed by atoms with Gasteiger partial charge in [-0.15, -0.1) is 11.3 Å². The average molecular weight is 219 g/mol. The summed E-state index contributed by atoms with van der Waals surface area (Å²) in [4.78, 5) is 8.47. The van der Waals surface area contributed by atoms with Crippen LogP contribution in [0.3, 0.4) is 0 Å². The Labute approximate surface area is 93.2 Å². The molecule has 0 bridgehead atoms. The van der Waals surface area contributed by atoms with Crippen LogP contribution in [0.25, 0.3) is 0 Å². The average Bonchev–Trinajstić information content (AvgIpc) is 2.63. The Morgan fingerprint density at radius 2 is 2.27 bits per heavy atom. The maximum absolute atomic E-state index is 4.39. The molecule has 4 heteroatoms. The van der Waals surface area contributed by atoms with Crippen molar-refractivity contribution in [3.05, 3.63) is 40.1 Å². The molecule has 1 N–H and O–H groups in total.